The first-order chi connectivity index (χ1) is 17.5. The molecule has 3 aliphatic rings. The van der Waals surface area contributed by atoms with Crippen molar-refractivity contribution in [2.24, 2.45) is 11.8 Å². The number of anilines is 1. The van der Waals surface area contributed by atoms with Gasteiger partial charge in [-0.1, -0.05) is 31.4 Å². The molecule has 6 rings (SSSR count). The quantitative estimate of drug-likeness (QED) is 0.363. The van der Waals surface area contributed by atoms with Crippen LogP contribution in [0.1, 0.15) is 57.6 Å². The van der Waals surface area contributed by atoms with Crippen molar-refractivity contribution in [3.63, 3.8) is 0 Å². The summed E-state index contributed by atoms with van der Waals surface area (Å²) in [7, 11) is 0. The molecule has 0 unspecified atom stereocenters. The van der Waals surface area contributed by atoms with Crippen LogP contribution in [-0.4, -0.2) is 44.8 Å². The fourth-order valence-corrected chi connectivity index (χ4v) is 6.94. The van der Waals surface area contributed by atoms with Gasteiger partial charge in [0, 0.05) is 31.0 Å². The SMILES string of the molecule is CC1CCC(Cn2c(N3CCO[C@@H]4CCC[C@H]43)nc3c(Br)c(C#N)nc(-c4cncc(Cl)c4)c32)CC1. The third-order valence-electron chi connectivity index (χ3n) is 8.21. The lowest BCUT2D eigenvalue weighted by molar-refractivity contribution is 0.0247. The smallest absolute Gasteiger partial charge is 0.207 e. The molecule has 3 fully saturated rings. The van der Waals surface area contributed by atoms with E-state index in [2.05, 4.69) is 43.4 Å². The zero-order valence-corrected chi connectivity index (χ0v) is 22.8. The maximum atomic E-state index is 9.89. The maximum absolute atomic E-state index is 9.89. The highest BCUT2D eigenvalue weighted by Crippen LogP contribution is 2.41. The Bertz CT molecular complexity index is 1330. The van der Waals surface area contributed by atoms with Gasteiger partial charge in [-0.2, -0.15) is 5.26 Å². The molecule has 1 aliphatic heterocycles. The summed E-state index contributed by atoms with van der Waals surface area (Å²) in [5.41, 5.74) is 3.54. The molecule has 3 aromatic heterocycles. The van der Waals surface area contributed by atoms with Gasteiger partial charge in [0.15, 0.2) is 5.69 Å². The van der Waals surface area contributed by atoms with Gasteiger partial charge >= 0.3 is 0 Å². The van der Waals surface area contributed by atoms with Crippen molar-refractivity contribution >= 4 is 44.5 Å². The zero-order chi connectivity index (χ0) is 24.8. The van der Waals surface area contributed by atoms with Crippen molar-refractivity contribution in [3.05, 3.63) is 33.6 Å². The molecule has 2 aliphatic carbocycles. The van der Waals surface area contributed by atoms with Crippen molar-refractivity contribution < 1.29 is 4.74 Å². The largest absolute Gasteiger partial charge is 0.374 e. The number of hydrogen-bond donors (Lipinski definition) is 0. The Kier molecular flexibility index (Phi) is 6.65. The van der Waals surface area contributed by atoms with E-state index in [1.807, 2.05) is 6.07 Å². The first kappa shape index (κ1) is 24.1. The van der Waals surface area contributed by atoms with Gasteiger partial charge in [-0.05, 0) is 65.9 Å². The van der Waals surface area contributed by atoms with Crippen LogP contribution in [0.3, 0.4) is 0 Å². The number of rotatable bonds is 4. The van der Waals surface area contributed by atoms with Crippen molar-refractivity contribution in [2.75, 3.05) is 18.1 Å². The summed E-state index contributed by atoms with van der Waals surface area (Å²) < 4.78 is 9.16. The fraction of sp³-hybridized carbons (Fsp3) is 0.556. The lowest BCUT2D eigenvalue weighted by atomic mass is 9.83. The molecule has 1 saturated heterocycles. The molecule has 0 bridgehead atoms. The van der Waals surface area contributed by atoms with Crippen molar-refractivity contribution in [3.8, 4) is 17.3 Å². The van der Waals surface area contributed by atoms with Crippen LogP contribution in [0, 0.1) is 23.2 Å². The molecule has 0 aromatic carbocycles. The number of imidazole rings is 1. The fourth-order valence-electron chi connectivity index (χ4n) is 6.31. The predicted molar refractivity (Wildman–Crippen MR) is 144 cm³/mol. The lowest BCUT2D eigenvalue weighted by Gasteiger charge is -2.39. The van der Waals surface area contributed by atoms with Crippen molar-refractivity contribution in [1.29, 1.82) is 5.26 Å². The van der Waals surface area contributed by atoms with Crippen LogP contribution in [0.15, 0.2) is 22.9 Å². The molecule has 2 saturated carbocycles. The van der Waals surface area contributed by atoms with E-state index in [0.29, 0.717) is 39.4 Å². The van der Waals surface area contributed by atoms with Gasteiger partial charge < -0.3 is 14.2 Å². The van der Waals surface area contributed by atoms with Crippen LogP contribution in [0.4, 0.5) is 5.95 Å². The minimum Gasteiger partial charge on any atom is -0.374 e. The number of halogens is 2. The van der Waals surface area contributed by atoms with Gasteiger partial charge in [0.25, 0.3) is 0 Å². The van der Waals surface area contributed by atoms with Gasteiger partial charge in [-0.15, -0.1) is 0 Å². The Labute approximate surface area is 225 Å². The maximum Gasteiger partial charge on any atom is 0.207 e. The second-order valence-electron chi connectivity index (χ2n) is 10.6. The van der Waals surface area contributed by atoms with Crippen LogP contribution < -0.4 is 4.90 Å². The molecule has 7 nitrogen and oxygen atoms in total. The summed E-state index contributed by atoms with van der Waals surface area (Å²) in [4.78, 5) is 16.8. The number of nitriles is 1. The van der Waals surface area contributed by atoms with E-state index in [9.17, 15) is 5.26 Å². The summed E-state index contributed by atoms with van der Waals surface area (Å²) in [5, 5.41) is 10.4. The molecule has 0 spiro atoms. The lowest BCUT2D eigenvalue weighted by Crippen LogP contribution is -2.49. The molecule has 36 heavy (non-hydrogen) atoms. The van der Waals surface area contributed by atoms with Gasteiger partial charge in [0.1, 0.15) is 11.6 Å². The number of ether oxygens (including phenoxy) is 1. The first-order valence-corrected chi connectivity index (χ1v) is 14.2. The Balaban J connectivity index is 1.57. The number of hydrogen-bond acceptors (Lipinski definition) is 6. The third kappa shape index (κ3) is 4.29. The van der Waals surface area contributed by atoms with E-state index < -0.39 is 0 Å². The second kappa shape index (κ2) is 9.92. The van der Waals surface area contributed by atoms with Crippen LogP contribution in [0.5, 0.6) is 0 Å². The van der Waals surface area contributed by atoms with E-state index >= 15 is 0 Å². The van der Waals surface area contributed by atoms with Gasteiger partial charge in [0.05, 0.1) is 39.5 Å². The number of morpholine rings is 1. The highest BCUT2D eigenvalue weighted by molar-refractivity contribution is 9.10. The van der Waals surface area contributed by atoms with Crippen molar-refractivity contribution in [1.82, 2.24) is 19.5 Å². The third-order valence-corrected chi connectivity index (χ3v) is 9.17. The van der Waals surface area contributed by atoms with Gasteiger partial charge in [-0.3, -0.25) is 4.98 Å². The Morgan fingerprint density at radius 1 is 1.17 bits per heavy atom. The summed E-state index contributed by atoms with van der Waals surface area (Å²) in [6.45, 7) is 4.76. The summed E-state index contributed by atoms with van der Waals surface area (Å²) >= 11 is 10.0. The molecule has 2 atom stereocenters. The van der Waals surface area contributed by atoms with Crippen LogP contribution in [0.25, 0.3) is 22.3 Å². The van der Waals surface area contributed by atoms with Crippen LogP contribution in [-0.2, 0) is 11.3 Å². The topological polar surface area (TPSA) is 79.9 Å². The average molecular weight is 570 g/mol. The van der Waals surface area contributed by atoms with Crippen LogP contribution >= 0.6 is 27.5 Å². The first-order valence-electron chi connectivity index (χ1n) is 13.0. The van der Waals surface area contributed by atoms with E-state index in [4.69, 9.17) is 26.3 Å². The number of pyridine rings is 2. The zero-order valence-electron chi connectivity index (χ0n) is 20.5. The molecular formula is C27H30BrClN6O. The van der Waals surface area contributed by atoms with Gasteiger partial charge in [-0.25, -0.2) is 9.97 Å². The van der Waals surface area contributed by atoms with E-state index in [1.165, 1.54) is 32.1 Å². The Hall–Kier alpha value is -2.21. The Morgan fingerprint density at radius 3 is 2.78 bits per heavy atom. The molecule has 188 valence electrons. The highest BCUT2D eigenvalue weighted by atomic mass is 79.9. The van der Waals surface area contributed by atoms with E-state index in [0.717, 1.165) is 54.4 Å². The molecule has 0 amide bonds. The Morgan fingerprint density at radius 2 is 2.00 bits per heavy atom. The van der Waals surface area contributed by atoms with Crippen molar-refractivity contribution in [2.45, 2.75) is 70.6 Å². The molecular weight excluding hydrogens is 540 g/mol. The monoisotopic (exact) mass is 568 g/mol. The van der Waals surface area contributed by atoms with E-state index in [-0.39, 0.29) is 6.10 Å². The summed E-state index contributed by atoms with van der Waals surface area (Å²) in [6, 6.07) is 4.45. The molecule has 3 aromatic rings. The average Bonchev–Trinajstić information content (AvgIpc) is 3.51. The van der Waals surface area contributed by atoms with Crippen LogP contribution in [0.2, 0.25) is 5.02 Å². The van der Waals surface area contributed by atoms with Gasteiger partial charge in [0.2, 0.25) is 5.95 Å². The number of fused-ring (bicyclic) bond motifs is 2. The number of nitrogens with zero attached hydrogens (tertiary/aromatic N) is 6. The molecule has 0 radical (unpaired) electrons. The van der Waals surface area contributed by atoms with E-state index in [1.54, 1.807) is 12.4 Å². The summed E-state index contributed by atoms with van der Waals surface area (Å²) in [6.07, 6.45) is 12.0. The summed E-state index contributed by atoms with van der Waals surface area (Å²) in [5.74, 6) is 2.34. The molecule has 9 heteroatoms. The highest BCUT2D eigenvalue weighted by Gasteiger charge is 2.39. The number of aromatic nitrogens is 4. The second-order valence-corrected chi connectivity index (χ2v) is 11.8. The predicted octanol–water partition coefficient (Wildman–Crippen LogP) is 6.36. The minimum absolute atomic E-state index is 0.260. The standard InChI is InChI=1S/C27H30BrClN6O/c1-16-5-7-17(8-6-16)15-35-26-24(18-11-19(29)14-31-13-18)32-20(12-30)23(28)25(26)33-27(35)34-9-10-36-22-4-2-3-21(22)34/h11,13-14,16-17,21-22H,2-10,15H2,1H3/t16?,17?,21-,22-/m1/s1. The minimum atomic E-state index is 0.260. The molecule has 0 N–H and O–H groups in total. The molecule has 4 heterocycles. The normalized spacial score (nSPS) is 26.2.